The number of ketones is 1. The van der Waals surface area contributed by atoms with Crippen molar-refractivity contribution in [3.63, 3.8) is 0 Å². The van der Waals surface area contributed by atoms with Gasteiger partial charge in [-0.25, -0.2) is 0 Å². The van der Waals surface area contributed by atoms with E-state index in [2.05, 4.69) is 40.9 Å². The molecule has 0 bridgehead atoms. The first kappa shape index (κ1) is 27.0. The third-order valence-electron chi connectivity index (χ3n) is 5.57. The number of carbonyl (C=O) groups is 1. The van der Waals surface area contributed by atoms with Crippen LogP contribution in [0.25, 0.3) is 0 Å². The first-order chi connectivity index (χ1) is 13.6. The van der Waals surface area contributed by atoms with Crippen molar-refractivity contribution in [1.29, 1.82) is 0 Å². The number of hydroxylamine groups is 4. The van der Waals surface area contributed by atoms with Crippen LogP contribution in [0.5, 0.6) is 0 Å². The van der Waals surface area contributed by atoms with Crippen molar-refractivity contribution < 1.29 is 19.6 Å². The third-order valence-corrected chi connectivity index (χ3v) is 5.57. The van der Waals surface area contributed by atoms with E-state index >= 15 is 0 Å². The van der Waals surface area contributed by atoms with Gasteiger partial charge in [0.05, 0.1) is 19.3 Å². The standard InChI is InChI=1S/C12H23NO2.C12H21NO2/c2*1-6-7-15-13-11(2,3)8-10(14)9-12(13,4)5/h6,10,14H,1,7-9H2,2-5H3;6H,1,7-9H2,2-5H3. The first-order valence-corrected chi connectivity index (χ1v) is 10.9. The molecular weight excluding hydrogens is 380 g/mol. The summed E-state index contributed by atoms with van der Waals surface area (Å²) in [5, 5.41) is 13.8. The van der Waals surface area contributed by atoms with E-state index in [1.165, 1.54) is 0 Å². The van der Waals surface area contributed by atoms with Crippen LogP contribution < -0.4 is 0 Å². The van der Waals surface area contributed by atoms with E-state index in [4.69, 9.17) is 9.68 Å². The van der Waals surface area contributed by atoms with Gasteiger partial charge in [-0.3, -0.25) is 14.5 Å². The summed E-state index contributed by atoms with van der Waals surface area (Å²) in [6.07, 6.45) is 5.82. The monoisotopic (exact) mass is 424 g/mol. The Bertz CT molecular complexity index is 572. The number of aliphatic hydroxyl groups is 1. The smallest absolute Gasteiger partial charge is 0.136 e. The van der Waals surface area contributed by atoms with Crippen LogP contribution >= 0.6 is 0 Å². The molecule has 0 radical (unpaired) electrons. The first-order valence-electron chi connectivity index (χ1n) is 10.9. The highest BCUT2D eigenvalue weighted by Crippen LogP contribution is 2.38. The Labute approximate surface area is 183 Å². The van der Waals surface area contributed by atoms with Gasteiger partial charge >= 0.3 is 0 Å². The number of rotatable bonds is 6. The summed E-state index contributed by atoms with van der Waals surface area (Å²) in [6, 6.07) is 0. The molecule has 0 aliphatic carbocycles. The maximum atomic E-state index is 11.6. The van der Waals surface area contributed by atoms with Gasteiger partial charge in [0.25, 0.3) is 0 Å². The van der Waals surface area contributed by atoms with Gasteiger partial charge in [0, 0.05) is 35.0 Å². The SMILES string of the molecule is C=CCON1C(C)(C)CC(=O)CC1(C)C.C=CCON1C(C)(C)CC(O)CC1(C)C. The predicted octanol–water partition coefficient (Wildman–Crippen LogP) is 4.44. The summed E-state index contributed by atoms with van der Waals surface area (Å²) >= 11 is 0. The van der Waals surface area contributed by atoms with Crippen LogP contribution in [-0.2, 0) is 14.5 Å². The highest BCUT2D eigenvalue weighted by molar-refractivity contribution is 5.81. The van der Waals surface area contributed by atoms with Crippen molar-refractivity contribution in [3.8, 4) is 0 Å². The van der Waals surface area contributed by atoms with Crippen molar-refractivity contribution in [2.75, 3.05) is 13.2 Å². The molecule has 6 nitrogen and oxygen atoms in total. The normalized spacial score (nSPS) is 25.8. The summed E-state index contributed by atoms with van der Waals surface area (Å²) in [7, 11) is 0. The van der Waals surface area contributed by atoms with E-state index in [1.807, 2.05) is 37.8 Å². The summed E-state index contributed by atoms with van der Waals surface area (Å²) in [6.45, 7) is 24.8. The lowest BCUT2D eigenvalue weighted by Gasteiger charge is -2.52. The quantitative estimate of drug-likeness (QED) is 0.636. The van der Waals surface area contributed by atoms with Gasteiger partial charge in [0.1, 0.15) is 5.78 Å². The van der Waals surface area contributed by atoms with E-state index in [9.17, 15) is 9.90 Å². The molecule has 30 heavy (non-hydrogen) atoms. The Balaban J connectivity index is 0.000000300. The topological polar surface area (TPSA) is 62.2 Å². The summed E-state index contributed by atoms with van der Waals surface area (Å²) in [4.78, 5) is 23.0. The molecule has 0 spiro atoms. The largest absolute Gasteiger partial charge is 0.393 e. The number of Topliss-reactive ketones (excluding diaryl/α,β-unsaturated/α-hetero) is 1. The van der Waals surface area contributed by atoms with Gasteiger partial charge in [-0.15, -0.1) is 13.2 Å². The van der Waals surface area contributed by atoms with Crippen molar-refractivity contribution in [2.45, 2.75) is 109 Å². The zero-order valence-electron chi connectivity index (χ0n) is 20.5. The van der Waals surface area contributed by atoms with Gasteiger partial charge in [-0.2, -0.15) is 10.1 Å². The van der Waals surface area contributed by atoms with Crippen LogP contribution in [0.3, 0.4) is 0 Å². The molecule has 0 atom stereocenters. The molecule has 2 fully saturated rings. The Morgan fingerprint density at radius 3 is 1.50 bits per heavy atom. The molecule has 0 saturated carbocycles. The second-order valence-corrected chi connectivity index (χ2v) is 11.0. The van der Waals surface area contributed by atoms with Crippen molar-refractivity contribution in [2.24, 2.45) is 0 Å². The molecule has 2 saturated heterocycles. The van der Waals surface area contributed by atoms with Crippen LogP contribution in [0.1, 0.15) is 81.1 Å². The summed E-state index contributed by atoms with van der Waals surface area (Å²) in [5.41, 5.74) is -0.738. The van der Waals surface area contributed by atoms with Crippen LogP contribution in [0.4, 0.5) is 0 Å². The summed E-state index contributed by atoms with van der Waals surface area (Å²) < 4.78 is 0. The van der Waals surface area contributed by atoms with E-state index in [0.717, 1.165) is 12.8 Å². The molecule has 2 heterocycles. The molecule has 6 heteroatoms. The molecule has 174 valence electrons. The minimum Gasteiger partial charge on any atom is -0.393 e. The number of hydrogen-bond acceptors (Lipinski definition) is 6. The summed E-state index contributed by atoms with van der Waals surface area (Å²) in [5.74, 6) is 0.309. The fourth-order valence-electron chi connectivity index (χ4n) is 5.15. The van der Waals surface area contributed by atoms with E-state index in [1.54, 1.807) is 12.2 Å². The third kappa shape index (κ3) is 6.99. The predicted molar refractivity (Wildman–Crippen MR) is 122 cm³/mol. The molecule has 2 aliphatic heterocycles. The van der Waals surface area contributed by atoms with Crippen molar-refractivity contribution in [1.82, 2.24) is 10.1 Å². The molecule has 0 aromatic carbocycles. The minimum atomic E-state index is -0.237. The zero-order valence-corrected chi connectivity index (χ0v) is 20.5. The van der Waals surface area contributed by atoms with Gasteiger partial charge in [-0.1, -0.05) is 12.2 Å². The molecule has 0 aromatic heterocycles. The van der Waals surface area contributed by atoms with Crippen LogP contribution in [0.2, 0.25) is 0 Å². The Morgan fingerprint density at radius 2 is 1.17 bits per heavy atom. The lowest BCUT2D eigenvalue weighted by atomic mass is 9.80. The maximum absolute atomic E-state index is 11.6. The molecule has 0 aromatic rings. The van der Waals surface area contributed by atoms with Crippen molar-refractivity contribution in [3.05, 3.63) is 25.3 Å². The molecule has 0 unspecified atom stereocenters. The molecule has 0 amide bonds. The van der Waals surface area contributed by atoms with Crippen LogP contribution in [0.15, 0.2) is 25.3 Å². The lowest BCUT2D eigenvalue weighted by Crippen LogP contribution is -2.61. The number of carbonyl (C=O) groups excluding carboxylic acids is 1. The highest BCUT2D eigenvalue weighted by atomic mass is 16.7. The molecular formula is C24H44N2O4. The van der Waals surface area contributed by atoms with E-state index in [0.29, 0.717) is 31.8 Å². The second-order valence-electron chi connectivity index (χ2n) is 11.0. The fourth-order valence-corrected chi connectivity index (χ4v) is 5.15. The Kier molecular flexibility index (Phi) is 9.04. The number of aliphatic hydroxyl groups excluding tert-OH is 1. The van der Waals surface area contributed by atoms with Crippen LogP contribution in [0, 0.1) is 0 Å². The average Bonchev–Trinajstić information content (AvgIpc) is 2.50. The Morgan fingerprint density at radius 1 is 0.833 bits per heavy atom. The second kappa shape index (κ2) is 10.0. The van der Waals surface area contributed by atoms with Gasteiger partial charge in [0.15, 0.2) is 0 Å². The number of nitrogens with zero attached hydrogens (tertiary/aromatic N) is 2. The lowest BCUT2D eigenvalue weighted by molar-refractivity contribution is -0.286. The average molecular weight is 425 g/mol. The fraction of sp³-hybridized carbons (Fsp3) is 0.792. The van der Waals surface area contributed by atoms with E-state index in [-0.39, 0.29) is 28.3 Å². The van der Waals surface area contributed by atoms with Gasteiger partial charge in [-0.05, 0) is 68.2 Å². The van der Waals surface area contributed by atoms with E-state index < -0.39 is 0 Å². The molecule has 2 aliphatic rings. The van der Waals surface area contributed by atoms with Crippen molar-refractivity contribution >= 4 is 5.78 Å². The number of hydrogen-bond donors (Lipinski definition) is 1. The molecule has 2 rings (SSSR count). The van der Waals surface area contributed by atoms with Crippen LogP contribution in [-0.4, -0.2) is 62.5 Å². The minimum absolute atomic E-state index is 0.135. The zero-order chi connectivity index (χ0) is 23.4. The Hall–Kier alpha value is -1.05. The maximum Gasteiger partial charge on any atom is 0.136 e. The number of piperidine rings is 2. The molecule has 1 N–H and O–H groups in total. The van der Waals surface area contributed by atoms with Gasteiger partial charge in [0.2, 0.25) is 0 Å². The van der Waals surface area contributed by atoms with Gasteiger partial charge < -0.3 is 5.11 Å². The highest BCUT2D eigenvalue weighted by Gasteiger charge is 2.47.